The van der Waals surface area contributed by atoms with E-state index in [1.165, 1.54) is 6.42 Å². The van der Waals surface area contributed by atoms with Crippen molar-refractivity contribution < 1.29 is 14.3 Å². The number of hydrogen-bond donors (Lipinski definition) is 1. The Kier molecular flexibility index (Phi) is 8.51. The lowest BCUT2D eigenvalue weighted by molar-refractivity contribution is -0.143. The molecule has 1 saturated carbocycles. The van der Waals surface area contributed by atoms with Crippen molar-refractivity contribution in [1.29, 1.82) is 0 Å². The van der Waals surface area contributed by atoms with Gasteiger partial charge in [0.15, 0.2) is 6.61 Å². The largest absolute Gasteiger partial charge is 0.484 e. The minimum atomic E-state index is -0.518. The molecule has 0 spiro atoms. The summed E-state index contributed by atoms with van der Waals surface area (Å²) in [7, 11) is 0. The molecule has 0 radical (unpaired) electrons. The summed E-state index contributed by atoms with van der Waals surface area (Å²) in [4.78, 5) is 28.1. The highest BCUT2D eigenvalue weighted by molar-refractivity contribution is 5.88. The molecule has 0 heterocycles. The number of amides is 2. The van der Waals surface area contributed by atoms with Gasteiger partial charge in [0.2, 0.25) is 5.91 Å². The molecule has 0 unspecified atom stereocenters. The molecule has 2 amide bonds. The third kappa shape index (κ3) is 6.58. The van der Waals surface area contributed by atoms with Gasteiger partial charge in [-0.15, -0.1) is 0 Å². The topological polar surface area (TPSA) is 58.6 Å². The Morgan fingerprint density at radius 3 is 2.39 bits per heavy atom. The van der Waals surface area contributed by atoms with Crippen LogP contribution in [-0.2, 0) is 16.1 Å². The van der Waals surface area contributed by atoms with Crippen LogP contribution in [0.4, 0.5) is 0 Å². The Morgan fingerprint density at radius 1 is 1.03 bits per heavy atom. The van der Waals surface area contributed by atoms with Crippen LogP contribution in [0.2, 0.25) is 0 Å². The van der Waals surface area contributed by atoms with E-state index in [1.807, 2.05) is 68.4 Å². The number of aryl methyl sites for hydroxylation is 1. The molecule has 31 heavy (non-hydrogen) atoms. The minimum absolute atomic E-state index is 0.0606. The third-order valence-electron chi connectivity index (χ3n) is 5.98. The number of carbonyl (C=O) groups is 2. The molecular weight excluding hydrogens is 388 g/mol. The number of rotatable bonds is 9. The molecule has 0 saturated heterocycles. The normalized spacial score (nSPS) is 15.2. The number of carbonyl (C=O) groups excluding carboxylic acids is 2. The van der Waals surface area contributed by atoms with E-state index in [0.29, 0.717) is 18.7 Å². The number of para-hydroxylation sites is 1. The fraction of sp³-hybridized carbons (Fsp3) is 0.462. The molecule has 5 heteroatoms. The molecule has 2 aromatic carbocycles. The van der Waals surface area contributed by atoms with Gasteiger partial charge in [-0.05, 0) is 43.4 Å². The quantitative estimate of drug-likeness (QED) is 0.641. The minimum Gasteiger partial charge on any atom is -0.484 e. The smallest absolute Gasteiger partial charge is 0.261 e. The van der Waals surface area contributed by atoms with Crippen LogP contribution in [-0.4, -0.2) is 35.4 Å². The maximum Gasteiger partial charge on any atom is 0.261 e. The first-order chi connectivity index (χ1) is 15.1. The van der Waals surface area contributed by atoms with Gasteiger partial charge in [0.05, 0.1) is 0 Å². The van der Waals surface area contributed by atoms with Gasteiger partial charge < -0.3 is 15.0 Å². The average Bonchev–Trinajstić information content (AvgIpc) is 2.79. The second-order valence-electron chi connectivity index (χ2n) is 8.33. The Balaban J connectivity index is 1.73. The van der Waals surface area contributed by atoms with Crippen LogP contribution in [0.3, 0.4) is 0 Å². The Hall–Kier alpha value is -2.82. The first-order valence-electron chi connectivity index (χ1n) is 11.4. The van der Waals surface area contributed by atoms with Crippen molar-refractivity contribution >= 4 is 11.8 Å². The zero-order valence-electron chi connectivity index (χ0n) is 18.7. The molecule has 1 aliphatic carbocycles. The first kappa shape index (κ1) is 22.9. The van der Waals surface area contributed by atoms with Gasteiger partial charge in [-0.1, -0.05) is 74.7 Å². The van der Waals surface area contributed by atoms with Gasteiger partial charge >= 0.3 is 0 Å². The van der Waals surface area contributed by atoms with Crippen molar-refractivity contribution in [3.8, 4) is 5.75 Å². The van der Waals surface area contributed by atoms with Crippen molar-refractivity contribution in [2.75, 3.05) is 6.61 Å². The van der Waals surface area contributed by atoms with Crippen molar-refractivity contribution in [3.63, 3.8) is 0 Å². The van der Waals surface area contributed by atoms with Crippen LogP contribution in [0, 0.1) is 6.92 Å². The number of nitrogens with zero attached hydrogens (tertiary/aromatic N) is 1. The maximum atomic E-state index is 13.3. The molecule has 1 fully saturated rings. The average molecular weight is 423 g/mol. The zero-order valence-corrected chi connectivity index (χ0v) is 18.7. The molecule has 166 valence electrons. The summed E-state index contributed by atoms with van der Waals surface area (Å²) < 4.78 is 5.82. The van der Waals surface area contributed by atoms with Crippen molar-refractivity contribution in [3.05, 3.63) is 65.7 Å². The molecule has 3 rings (SSSR count). The van der Waals surface area contributed by atoms with Crippen molar-refractivity contribution in [2.24, 2.45) is 0 Å². The number of benzene rings is 2. The van der Waals surface area contributed by atoms with Gasteiger partial charge in [0.1, 0.15) is 11.8 Å². The fourth-order valence-electron chi connectivity index (χ4n) is 4.18. The highest BCUT2D eigenvalue weighted by atomic mass is 16.5. The lowest BCUT2D eigenvalue weighted by atomic mass is 9.95. The monoisotopic (exact) mass is 422 g/mol. The molecule has 1 aliphatic rings. The van der Waals surface area contributed by atoms with Gasteiger partial charge in [-0.25, -0.2) is 0 Å². The summed E-state index contributed by atoms with van der Waals surface area (Å²) >= 11 is 0. The predicted molar refractivity (Wildman–Crippen MR) is 123 cm³/mol. The Morgan fingerprint density at radius 2 is 1.71 bits per heavy atom. The summed E-state index contributed by atoms with van der Waals surface area (Å²) in [6.45, 7) is 4.20. The SMILES string of the molecule is CC[C@H](C(=O)NC1CCCCC1)N(Cc1ccccc1)C(=O)COc1ccccc1C. The van der Waals surface area contributed by atoms with Crippen LogP contribution in [0.1, 0.15) is 56.6 Å². The lowest BCUT2D eigenvalue weighted by Crippen LogP contribution is -2.52. The lowest BCUT2D eigenvalue weighted by Gasteiger charge is -2.32. The van der Waals surface area contributed by atoms with Crippen molar-refractivity contribution in [1.82, 2.24) is 10.2 Å². The van der Waals surface area contributed by atoms with Crippen LogP contribution in [0.5, 0.6) is 5.75 Å². The highest BCUT2D eigenvalue weighted by Gasteiger charge is 2.30. The van der Waals surface area contributed by atoms with Gasteiger partial charge in [-0.3, -0.25) is 9.59 Å². The Labute approximate surface area is 185 Å². The van der Waals surface area contributed by atoms with Gasteiger partial charge in [-0.2, -0.15) is 0 Å². The van der Waals surface area contributed by atoms with Crippen LogP contribution >= 0.6 is 0 Å². The van der Waals surface area contributed by atoms with E-state index >= 15 is 0 Å². The van der Waals surface area contributed by atoms with E-state index in [9.17, 15) is 9.59 Å². The summed E-state index contributed by atoms with van der Waals surface area (Å²) in [5, 5.41) is 3.20. The molecular formula is C26H34N2O3. The maximum absolute atomic E-state index is 13.3. The van der Waals surface area contributed by atoms with Gasteiger partial charge in [0, 0.05) is 12.6 Å². The standard InChI is InChI=1S/C26H34N2O3/c1-3-23(26(30)27-22-15-8-5-9-16-22)28(18-21-13-6-4-7-14-21)25(29)19-31-24-17-11-10-12-20(24)2/h4,6-7,10-14,17,22-23H,3,5,8-9,15-16,18-19H2,1-2H3,(H,27,30)/t23-/m1/s1. The summed E-state index contributed by atoms with van der Waals surface area (Å²) in [6, 6.07) is 17.1. The molecule has 2 aromatic rings. The second-order valence-corrected chi connectivity index (χ2v) is 8.33. The summed E-state index contributed by atoms with van der Waals surface area (Å²) in [5.74, 6) is 0.447. The van der Waals surface area contributed by atoms with E-state index in [1.54, 1.807) is 4.90 Å². The van der Waals surface area contributed by atoms with E-state index in [0.717, 1.165) is 36.8 Å². The van der Waals surface area contributed by atoms with Crippen LogP contribution in [0.15, 0.2) is 54.6 Å². The second kappa shape index (κ2) is 11.5. The van der Waals surface area contributed by atoms with Gasteiger partial charge in [0.25, 0.3) is 5.91 Å². The molecule has 1 N–H and O–H groups in total. The molecule has 0 aliphatic heterocycles. The number of nitrogens with one attached hydrogen (secondary N) is 1. The van der Waals surface area contributed by atoms with Crippen LogP contribution < -0.4 is 10.1 Å². The molecule has 0 aromatic heterocycles. The number of hydrogen-bond acceptors (Lipinski definition) is 3. The molecule has 1 atom stereocenters. The predicted octanol–water partition coefficient (Wildman–Crippen LogP) is 4.63. The van der Waals surface area contributed by atoms with Crippen molar-refractivity contribution in [2.45, 2.75) is 71.0 Å². The zero-order chi connectivity index (χ0) is 22.1. The van der Waals surface area contributed by atoms with Crippen LogP contribution in [0.25, 0.3) is 0 Å². The first-order valence-corrected chi connectivity index (χ1v) is 11.4. The van der Waals surface area contributed by atoms with E-state index in [-0.39, 0.29) is 24.5 Å². The third-order valence-corrected chi connectivity index (χ3v) is 5.98. The number of ether oxygens (including phenoxy) is 1. The fourth-order valence-corrected chi connectivity index (χ4v) is 4.18. The Bertz CT molecular complexity index is 847. The molecule has 5 nitrogen and oxygen atoms in total. The highest BCUT2D eigenvalue weighted by Crippen LogP contribution is 2.20. The summed E-state index contributed by atoms with van der Waals surface area (Å²) in [6.07, 6.45) is 6.13. The van der Waals surface area contributed by atoms with E-state index in [4.69, 9.17) is 4.74 Å². The molecule has 0 bridgehead atoms. The van der Waals surface area contributed by atoms with E-state index < -0.39 is 6.04 Å². The summed E-state index contributed by atoms with van der Waals surface area (Å²) in [5.41, 5.74) is 1.97. The van der Waals surface area contributed by atoms with E-state index in [2.05, 4.69) is 5.32 Å².